The van der Waals surface area contributed by atoms with Gasteiger partial charge in [0, 0.05) is 10.9 Å². The predicted molar refractivity (Wildman–Crippen MR) is 87.8 cm³/mol. The van der Waals surface area contributed by atoms with Crippen molar-refractivity contribution in [3.63, 3.8) is 0 Å². The molecule has 1 heterocycles. The highest BCUT2D eigenvalue weighted by molar-refractivity contribution is 5.94. The SMILES string of the molecule is CC(C)(C)OOC(=O)c1ccc(-c2n[nH]c3ccccc23)cc1. The monoisotopic (exact) mass is 310 g/mol. The number of nitrogens with one attached hydrogen (secondary N) is 1. The first kappa shape index (κ1) is 15.2. The summed E-state index contributed by atoms with van der Waals surface area (Å²) < 4.78 is 0. The smallest absolute Gasteiger partial charge is 0.292 e. The Labute approximate surface area is 134 Å². The molecule has 0 bridgehead atoms. The molecule has 0 aliphatic heterocycles. The minimum Gasteiger partial charge on any atom is -0.292 e. The van der Waals surface area contributed by atoms with Crippen LogP contribution in [0, 0.1) is 0 Å². The van der Waals surface area contributed by atoms with E-state index in [2.05, 4.69) is 10.2 Å². The normalized spacial score (nSPS) is 11.6. The molecule has 0 atom stereocenters. The Morgan fingerprint density at radius 2 is 1.74 bits per heavy atom. The number of hydrogen-bond donors (Lipinski definition) is 1. The second kappa shape index (κ2) is 5.85. The average molecular weight is 310 g/mol. The Kier molecular flexibility index (Phi) is 3.88. The van der Waals surface area contributed by atoms with E-state index in [1.165, 1.54) is 0 Å². The van der Waals surface area contributed by atoms with Crippen molar-refractivity contribution in [2.24, 2.45) is 0 Å². The van der Waals surface area contributed by atoms with E-state index in [0.29, 0.717) is 5.56 Å². The number of fused-ring (bicyclic) bond motifs is 1. The first-order valence-corrected chi connectivity index (χ1v) is 7.37. The molecule has 23 heavy (non-hydrogen) atoms. The number of aromatic amines is 1. The quantitative estimate of drug-likeness (QED) is 0.584. The third-order valence-corrected chi connectivity index (χ3v) is 3.23. The van der Waals surface area contributed by atoms with Gasteiger partial charge in [0.15, 0.2) is 0 Å². The van der Waals surface area contributed by atoms with Crippen LogP contribution in [0.15, 0.2) is 48.5 Å². The summed E-state index contributed by atoms with van der Waals surface area (Å²) in [5.74, 6) is -0.515. The molecule has 0 saturated carbocycles. The van der Waals surface area contributed by atoms with Crippen LogP contribution in [0.2, 0.25) is 0 Å². The highest BCUT2D eigenvalue weighted by Crippen LogP contribution is 2.26. The molecule has 5 nitrogen and oxygen atoms in total. The Bertz CT molecular complexity index is 829. The fourth-order valence-electron chi connectivity index (χ4n) is 2.16. The molecule has 0 spiro atoms. The largest absolute Gasteiger partial charge is 0.373 e. The minimum atomic E-state index is -0.538. The third kappa shape index (κ3) is 3.40. The summed E-state index contributed by atoms with van der Waals surface area (Å²) in [7, 11) is 0. The lowest BCUT2D eigenvalue weighted by Gasteiger charge is -2.16. The summed E-state index contributed by atoms with van der Waals surface area (Å²) in [6.45, 7) is 5.43. The Balaban J connectivity index is 1.81. The molecule has 0 fully saturated rings. The minimum absolute atomic E-state index is 0.429. The Morgan fingerprint density at radius 3 is 2.43 bits per heavy atom. The fourth-order valence-corrected chi connectivity index (χ4v) is 2.16. The maximum absolute atomic E-state index is 11.9. The van der Waals surface area contributed by atoms with Crippen LogP contribution in [-0.4, -0.2) is 21.8 Å². The highest BCUT2D eigenvalue weighted by Gasteiger charge is 2.17. The number of carbonyl (C=O) groups excluding carboxylic acids is 1. The molecule has 118 valence electrons. The van der Waals surface area contributed by atoms with Crippen LogP contribution in [0.5, 0.6) is 0 Å². The maximum atomic E-state index is 11.9. The van der Waals surface area contributed by atoms with Gasteiger partial charge in [-0.1, -0.05) is 30.3 Å². The standard InChI is InChI=1S/C18H18N2O3/c1-18(2,3)23-22-17(21)13-10-8-12(9-11-13)16-14-6-4-5-7-15(14)19-20-16/h4-11H,1-3H3,(H,19,20). The van der Waals surface area contributed by atoms with Crippen LogP contribution in [0.25, 0.3) is 22.2 Å². The van der Waals surface area contributed by atoms with Gasteiger partial charge >= 0.3 is 5.97 Å². The molecule has 1 aromatic heterocycles. The number of aromatic nitrogens is 2. The summed E-state index contributed by atoms with van der Waals surface area (Å²) >= 11 is 0. The number of benzene rings is 2. The van der Waals surface area contributed by atoms with Gasteiger partial charge in [-0.15, -0.1) is 0 Å². The molecule has 0 aliphatic rings. The van der Waals surface area contributed by atoms with Crippen molar-refractivity contribution < 1.29 is 14.6 Å². The van der Waals surface area contributed by atoms with Gasteiger partial charge in [-0.05, 0) is 39.0 Å². The molecule has 5 heteroatoms. The molecular formula is C18H18N2O3. The number of para-hydroxylation sites is 1. The molecule has 3 aromatic rings. The molecule has 0 amide bonds. The van der Waals surface area contributed by atoms with E-state index in [0.717, 1.165) is 22.2 Å². The van der Waals surface area contributed by atoms with Gasteiger partial charge in [-0.3, -0.25) is 9.99 Å². The van der Waals surface area contributed by atoms with Crippen molar-refractivity contribution >= 4 is 16.9 Å². The molecule has 0 saturated heterocycles. The summed E-state index contributed by atoms with van der Waals surface area (Å²) in [5, 5.41) is 8.38. The Morgan fingerprint density at radius 1 is 1.04 bits per heavy atom. The molecule has 0 aliphatic carbocycles. The van der Waals surface area contributed by atoms with E-state index in [4.69, 9.17) is 9.78 Å². The van der Waals surface area contributed by atoms with Gasteiger partial charge in [0.2, 0.25) is 0 Å². The number of H-pyrrole nitrogens is 1. The second-order valence-corrected chi connectivity index (χ2v) is 6.26. The summed E-state index contributed by atoms with van der Waals surface area (Å²) in [6.07, 6.45) is 0. The highest BCUT2D eigenvalue weighted by atomic mass is 17.2. The fraction of sp³-hybridized carbons (Fsp3) is 0.222. The van der Waals surface area contributed by atoms with Crippen LogP contribution >= 0.6 is 0 Å². The van der Waals surface area contributed by atoms with Crippen LogP contribution in [-0.2, 0) is 9.78 Å². The lowest BCUT2D eigenvalue weighted by molar-refractivity contribution is -0.301. The van der Waals surface area contributed by atoms with Crippen molar-refractivity contribution in [3.8, 4) is 11.3 Å². The lowest BCUT2D eigenvalue weighted by Crippen LogP contribution is -2.21. The van der Waals surface area contributed by atoms with Gasteiger partial charge in [-0.2, -0.15) is 9.99 Å². The van der Waals surface area contributed by atoms with Gasteiger partial charge < -0.3 is 0 Å². The van der Waals surface area contributed by atoms with Crippen molar-refractivity contribution in [3.05, 3.63) is 54.1 Å². The van der Waals surface area contributed by atoms with E-state index in [9.17, 15) is 4.79 Å². The van der Waals surface area contributed by atoms with E-state index < -0.39 is 11.6 Å². The zero-order chi connectivity index (χ0) is 16.4. The molecule has 2 aromatic carbocycles. The maximum Gasteiger partial charge on any atom is 0.373 e. The molecule has 0 unspecified atom stereocenters. The van der Waals surface area contributed by atoms with Gasteiger partial charge in [0.05, 0.1) is 16.8 Å². The van der Waals surface area contributed by atoms with Gasteiger partial charge in [0.1, 0.15) is 5.60 Å². The summed E-state index contributed by atoms with van der Waals surface area (Å²) in [4.78, 5) is 21.8. The number of rotatable bonds is 3. The number of nitrogens with zero attached hydrogens (tertiary/aromatic N) is 1. The van der Waals surface area contributed by atoms with E-state index in [1.807, 2.05) is 57.2 Å². The second-order valence-electron chi connectivity index (χ2n) is 6.26. The molecule has 0 radical (unpaired) electrons. The van der Waals surface area contributed by atoms with E-state index in [1.54, 1.807) is 12.1 Å². The summed E-state index contributed by atoms with van der Waals surface area (Å²) in [6, 6.07) is 15.0. The molecular weight excluding hydrogens is 292 g/mol. The van der Waals surface area contributed by atoms with Gasteiger partial charge in [0.25, 0.3) is 0 Å². The zero-order valence-electron chi connectivity index (χ0n) is 13.3. The van der Waals surface area contributed by atoms with Crippen LogP contribution in [0.4, 0.5) is 0 Å². The van der Waals surface area contributed by atoms with Crippen molar-refractivity contribution in [1.82, 2.24) is 10.2 Å². The van der Waals surface area contributed by atoms with Gasteiger partial charge in [-0.25, -0.2) is 4.79 Å². The van der Waals surface area contributed by atoms with Crippen molar-refractivity contribution in [2.75, 3.05) is 0 Å². The first-order valence-electron chi connectivity index (χ1n) is 7.37. The summed E-state index contributed by atoms with van der Waals surface area (Å²) in [5.41, 5.74) is 2.65. The third-order valence-electron chi connectivity index (χ3n) is 3.23. The van der Waals surface area contributed by atoms with E-state index >= 15 is 0 Å². The van der Waals surface area contributed by atoms with E-state index in [-0.39, 0.29) is 0 Å². The number of carbonyl (C=O) groups is 1. The topological polar surface area (TPSA) is 64.2 Å². The number of hydrogen-bond acceptors (Lipinski definition) is 4. The average Bonchev–Trinajstić information content (AvgIpc) is 2.96. The molecule has 1 N–H and O–H groups in total. The Hall–Kier alpha value is -2.66. The zero-order valence-corrected chi connectivity index (χ0v) is 13.3. The van der Waals surface area contributed by atoms with Crippen LogP contribution in [0.3, 0.4) is 0 Å². The van der Waals surface area contributed by atoms with Crippen molar-refractivity contribution in [2.45, 2.75) is 26.4 Å². The molecule has 3 rings (SSSR count). The van der Waals surface area contributed by atoms with Crippen LogP contribution < -0.4 is 0 Å². The van der Waals surface area contributed by atoms with Crippen LogP contribution in [0.1, 0.15) is 31.1 Å². The van der Waals surface area contributed by atoms with Crippen molar-refractivity contribution in [1.29, 1.82) is 0 Å². The lowest BCUT2D eigenvalue weighted by atomic mass is 10.1. The predicted octanol–water partition coefficient (Wildman–Crippen LogP) is 4.12. The first-order chi connectivity index (χ1) is 10.9.